The van der Waals surface area contributed by atoms with Gasteiger partial charge in [-0.2, -0.15) is 0 Å². The molecule has 4 aromatic rings. The quantitative estimate of drug-likeness (QED) is 0.458. The predicted octanol–water partition coefficient (Wildman–Crippen LogP) is 4.87. The molecule has 1 N–H and O–H groups in total. The van der Waals surface area contributed by atoms with Gasteiger partial charge in [0.05, 0.1) is 23.3 Å². The third-order valence-corrected chi connectivity index (χ3v) is 5.81. The lowest BCUT2D eigenvalue weighted by atomic mass is 10.1. The van der Waals surface area contributed by atoms with Gasteiger partial charge in [0.15, 0.2) is 0 Å². The molecule has 0 bridgehead atoms. The number of halogens is 2. The Labute approximate surface area is 180 Å². The molecule has 0 aliphatic rings. The van der Waals surface area contributed by atoms with Gasteiger partial charge in [-0.1, -0.05) is 53.5 Å². The van der Waals surface area contributed by atoms with Gasteiger partial charge in [0.1, 0.15) is 23.3 Å². The second-order valence-corrected chi connectivity index (χ2v) is 8.14. The molecule has 29 heavy (non-hydrogen) atoms. The number of benzene rings is 2. The van der Waals surface area contributed by atoms with E-state index in [4.69, 9.17) is 27.9 Å². The highest BCUT2D eigenvalue weighted by atomic mass is 35.5. The van der Waals surface area contributed by atoms with Crippen LogP contribution in [0.5, 0.6) is 5.75 Å². The van der Waals surface area contributed by atoms with Crippen molar-refractivity contribution in [3.8, 4) is 16.9 Å². The molecule has 0 spiro atoms. The summed E-state index contributed by atoms with van der Waals surface area (Å²) >= 11 is 13.4. The van der Waals surface area contributed by atoms with Crippen LogP contribution in [0.25, 0.3) is 21.3 Å². The third kappa shape index (κ3) is 4.31. The van der Waals surface area contributed by atoms with Gasteiger partial charge < -0.3 is 9.84 Å². The Hall–Kier alpha value is -2.38. The first-order chi connectivity index (χ1) is 14.0. The van der Waals surface area contributed by atoms with Crippen LogP contribution >= 0.6 is 34.5 Å². The normalized spacial score (nSPS) is 12.2. The van der Waals surface area contributed by atoms with E-state index >= 15 is 0 Å². The van der Waals surface area contributed by atoms with E-state index in [1.807, 2.05) is 35.7 Å². The van der Waals surface area contributed by atoms with Crippen molar-refractivity contribution in [2.75, 3.05) is 6.61 Å². The molecule has 0 saturated carbocycles. The molecule has 5 nitrogen and oxygen atoms in total. The SMILES string of the molecule is O=c1c2c(-c3ccccc3)csc2ncn1C[C@H](O)COc1cc(Cl)ccc1Cl. The Balaban J connectivity index is 1.56. The molecule has 1 atom stereocenters. The van der Waals surface area contributed by atoms with Crippen molar-refractivity contribution in [1.29, 1.82) is 0 Å². The lowest BCUT2D eigenvalue weighted by Crippen LogP contribution is -2.30. The molecule has 2 heterocycles. The number of aliphatic hydroxyl groups excluding tert-OH is 1. The van der Waals surface area contributed by atoms with Crippen LogP contribution in [-0.4, -0.2) is 27.4 Å². The van der Waals surface area contributed by atoms with E-state index in [2.05, 4.69) is 4.98 Å². The number of aliphatic hydroxyl groups is 1. The molecule has 0 aliphatic carbocycles. The van der Waals surface area contributed by atoms with E-state index < -0.39 is 6.10 Å². The standard InChI is InChI=1S/C21H16Cl2N2O3S/c22-14-6-7-17(23)18(8-14)28-10-15(26)9-25-12-24-20-19(21(25)27)16(11-29-20)13-4-2-1-3-5-13/h1-8,11-12,15,26H,9-10H2/t15-/m0/s1. The van der Waals surface area contributed by atoms with Gasteiger partial charge in [0.2, 0.25) is 0 Å². The van der Waals surface area contributed by atoms with Crippen molar-refractivity contribution >= 4 is 44.8 Å². The van der Waals surface area contributed by atoms with Crippen molar-refractivity contribution in [3.63, 3.8) is 0 Å². The van der Waals surface area contributed by atoms with Crippen molar-refractivity contribution < 1.29 is 9.84 Å². The van der Waals surface area contributed by atoms with Gasteiger partial charge in [0, 0.05) is 22.0 Å². The number of rotatable bonds is 6. The monoisotopic (exact) mass is 446 g/mol. The van der Waals surface area contributed by atoms with Crippen molar-refractivity contribution in [1.82, 2.24) is 9.55 Å². The molecule has 2 aromatic heterocycles. The zero-order valence-electron chi connectivity index (χ0n) is 15.1. The lowest BCUT2D eigenvalue weighted by Gasteiger charge is -2.15. The van der Waals surface area contributed by atoms with Crippen molar-refractivity contribution in [3.05, 3.63) is 80.6 Å². The second kappa shape index (κ2) is 8.55. The summed E-state index contributed by atoms with van der Waals surface area (Å²) < 4.78 is 6.95. The zero-order valence-corrected chi connectivity index (χ0v) is 17.4. The van der Waals surface area contributed by atoms with E-state index in [1.165, 1.54) is 22.2 Å². The first kappa shape index (κ1) is 19.9. The van der Waals surface area contributed by atoms with Gasteiger partial charge in [-0.15, -0.1) is 11.3 Å². The summed E-state index contributed by atoms with van der Waals surface area (Å²) in [7, 11) is 0. The van der Waals surface area contributed by atoms with E-state index in [0.717, 1.165) is 11.1 Å². The van der Waals surface area contributed by atoms with Crippen LogP contribution in [0.3, 0.4) is 0 Å². The highest BCUT2D eigenvalue weighted by Crippen LogP contribution is 2.30. The lowest BCUT2D eigenvalue weighted by molar-refractivity contribution is 0.0915. The molecule has 0 aliphatic heterocycles. The molecule has 148 valence electrons. The minimum Gasteiger partial charge on any atom is -0.489 e. The summed E-state index contributed by atoms with van der Waals surface area (Å²) in [5.41, 5.74) is 1.60. The topological polar surface area (TPSA) is 64.4 Å². The highest BCUT2D eigenvalue weighted by Gasteiger charge is 2.15. The van der Waals surface area contributed by atoms with Crippen molar-refractivity contribution in [2.45, 2.75) is 12.6 Å². The number of aromatic nitrogens is 2. The molecule has 0 saturated heterocycles. The van der Waals surface area contributed by atoms with Crippen LogP contribution in [0.4, 0.5) is 0 Å². The van der Waals surface area contributed by atoms with Crippen LogP contribution < -0.4 is 10.3 Å². The zero-order chi connectivity index (χ0) is 20.4. The average molecular weight is 447 g/mol. The molecule has 0 fully saturated rings. The summed E-state index contributed by atoms with van der Waals surface area (Å²) in [6, 6.07) is 14.5. The summed E-state index contributed by atoms with van der Waals surface area (Å²) in [6.45, 7) is 0.00372. The fraction of sp³-hybridized carbons (Fsp3) is 0.143. The number of thiophene rings is 1. The van der Waals surface area contributed by atoms with E-state index in [1.54, 1.807) is 18.2 Å². The minimum atomic E-state index is -0.930. The van der Waals surface area contributed by atoms with E-state index in [9.17, 15) is 9.90 Å². The van der Waals surface area contributed by atoms with Crippen LogP contribution in [0.1, 0.15) is 0 Å². The van der Waals surface area contributed by atoms with Gasteiger partial charge in [-0.05, 0) is 17.7 Å². The largest absolute Gasteiger partial charge is 0.489 e. The fourth-order valence-electron chi connectivity index (χ4n) is 2.98. The minimum absolute atomic E-state index is 0.0419. The smallest absolute Gasteiger partial charge is 0.262 e. The first-order valence-corrected chi connectivity index (χ1v) is 10.4. The van der Waals surface area contributed by atoms with Gasteiger partial charge in [0.25, 0.3) is 5.56 Å². The number of ether oxygens (including phenoxy) is 1. The molecule has 4 rings (SSSR count). The predicted molar refractivity (Wildman–Crippen MR) is 117 cm³/mol. The average Bonchev–Trinajstić information content (AvgIpc) is 3.16. The summed E-state index contributed by atoms with van der Waals surface area (Å²) in [5, 5.41) is 13.7. The Morgan fingerprint density at radius 1 is 1.17 bits per heavy atom. The fourth-order valence-corrected chi connectivity index (χ4v) is 4.22. The van der Waals surface area contributed by atoms with Crippen LogP contribution in [0.15, 0.2) is 65.0 Å². The molecular formula is C21H16Cl2N2O3S. The van der Waals surface area contributed by atoms with E-state index in [-0.39, 0.29) is 18.7 Å². The number of hydrogen-bond acceptors (Lipinski definition) is 5. The maximum Gasteiger partial charge on any atom is 0.262 e. The van der Waals surface area contributed by atoms with Gasteiger partial charge in [-0.25, -0.2) is 4.98 Å². The first-order valence-electron chi connectivity index (χ1n) is 8.81. The Morgan fingerprint density at radius 2 is 1.97 bits per heavy atom. The summed E-state index contributed by atoms with van der Waals surface area (Å²) in [6.07, 6.45) is 0.520. The molecule has 0 amide bonds. The third-order valence-electron chi connectivity index (χ3n) is 4.38. The second-order valence-electron chi connectivity index (χ2n) is 6.44. The number of nitrogens with zero attached hydrogens (tertiary/aromatic N) is 2. The highest BCUT2D eigenvalue weighted by molar-refractivity contribution is 7.17. The van der Waals surface area contributed by atoms with Crippen molar-refractivity contribution in [2.24, 2.45) is 0 Å². The maximum atomic E-state index is 13.0. The van der Waals surface area contributed by atoms with E-state index in [0.29, 0.717) is 26.0 Å². The molecule has 8 heteroatoms. The summed E-state index contributed by atoms with van der Waals surface area (Å²) in [4.78, 5) is 18.1. The summed E-state index contributed by atoms with van der Waals surface area (Å²) in [5.74, 6) is 0.378. The molecule has 0 unspecified atom stereocenters. The Morgan fingerprint density at radius 3 is 2.76 bits per heavy atom. The molecule has 2 aromatic carbocycles. The van der Waals surface area contributed by atoms with Crippen LogP contribution in [-0.2, 0) is 6.54 Å². The van der Waals surface area contributed by atoms with Gasteiger partial charge >= 0.3 is 0 Å². The number of fused-ring (bicyclic) bond motifs is 1. The Kier molecular flexibility index (Phi) is 5.87. The molecular weight excluding hydrogens is 431 g/mol. The van der Waals surface area contributed by atoms with Crippen LogP contribution in [0.2, 0.25) is 10.0 Å². The number of hydrogen-bond donors (Lipinski definition) is 1. The van der Waals surface area contributed by atoms with Crippen LogP contribution in [0, 0.1) is 0 Å². The van der Waals surface area contributed by atoms with Gasteiger partial charge in [-0.3, -0.25) is 9.36 Å². The molecule has 0 radical (unpaired) electrons. The maximum absolute atomic E-state index is 13.0. The Bertz CT molecular complexity index is 1210.